The summed E-state index contributed by atoms with van der Waals surface area (Å²) < 4.78 is 6.10. The lowest BCUT2D eigenvalue weighted by Gasteiger charge is -2.48. The molecule has 34 heavy (non-hydrogen) atoms. The second-order valence-electron chi connectivity index (χ2n) is 11.5. The van der Waals surface area contributed by atoms with E-state index in [1.54, 1.807) is 0 Å². The number of nitrogens with zero attached hydrogens (tertiary/aromatic N) is 2. The van der Waals surface area contributed by atoms with Gasteiger partial charge in [-0.25, -0.2) is 0 Å². The van der Waals surface area contributed by atoms with Crippen LogP contribution in [-0.2, 0) is 26.4 Å². The van der Waals surface area contributed by atoms with Crippen LogP contribution < -0.4 is 5.32 Å². The molecule has 0 spiro atoms. The summed E-state index contributed by atoms with van der Waals surface area (Å²) in [5.41, 5.74) is 1.97. The van der Waals surface area contributed by atoms with Crippen LogP contribution in [0.4, 0.5) is 5.82 Å². The molecule has 184 valence electrons. The van der Waals surface area contributed by atoms with Gasteiger partial charge in [0.25, 0.3) is 5.91 Å². The number of H-pyrrole nitrogens is 1. The van der Waals surface area contributed by atoms with Gasteiger partial charge in [0, 0.05) is 10.6 Å². The quantitative estimate of drug-likeness (QED) is 0.521. The number of hydrogen-bond acceptors (Lipinski definition) is 4. The molecule has 8 heteroatoms. The van der Waals surface area contributed by atoms with Crippen LogP contribution in [0.5, 0.6) is 0 Å². The highest BCUT2D eigenvalue weighted by Crippen LogP contribution is 2.56. The van der Waals surface area contributed by atoms with Crippen LogP contribution in [0.3, 0.4) is 0 Å². The standard InChI is InChI=1S/C26H38N4O3Si/c1-17(2)33-20(18-12-9-8-10-13-18)23(31)30-16-19-21(25(30,3)4)28-29-22(19)27-24(32)26(14-11-15-26)34(5,6)7/h8-10,12-13,17,20H,11,14-16H2,1-7H3,(H2,27,28,29,32). The number of aromatic nitrogens is 2. The summed E-state index contributed by atoms with van der Waals surface area (Å²) >= 11 is 0. The van der Waals surface area contributed by atoms with Crippen molar-refractivity contribution in [3.05, 3.63) is 47.2 Å². The number of aromatic amines is 1. The third kappa shape index (κ3) is 4.00. The van der Waals surface area contributed by atoms with Crippen LogP contribution in [0.15, 0.2) is 30.3 Å². The number of carbonyl (C=O) groups excluding carboxylic acids is 2. The van der Waals surface area contributed by atoms with Gasteiger partial charge in [0.1, 0.15) is 0 Å². The number of anilines is 1. The summed E-state index contributed by atoms with van der Waals surface area (Å²) in [5.74, 6) is 0.540. The minimum atomic E-state index is -1.71. The van der Waals surface area contributed by atoms with Crippen LogP contribution in [0, 0.1) is 0 Å². The predicted octanol–water partition coefficient (Wildman–Crippen LogP) is 5.35. The molecule has 2 N–H and O–H groups in total. The zero-order valence-corrected chi connectivity index (χ0v) is 22.5. The lowest BCUT2D eigenvalue weighted by atomic mass is 9.83. The van der Waals surface area contributed by atoms with E-state index in [0.29, 0.717) is 12.4 Å². The zero-order chi connectivity index (χ0) is 24.9. The number of ether oxygens (including phenoxy) is 1. The monoisotopic (exact) mass is 482 g/mol. The van der Waals surface area contributed by atoms with Gasteiger partial charge in [-0.3, -0.25) is 14.7 Å². The van der Waals surface area contributed by atoms with Crippen molar-refractivity contribution in [2.45, 2.75) is 95.9 Å². The van der Waals surface area contributed by atoms with E-state index in [-0.39, 0.29) is 23.0 Å². The Bertz CT molecular complexity index is 1070. The molecule has 0 radical (unpaired) electrons. The summed E-state index contributed by atoms with van der Waals surface area (Å²) in [7, 11) is -1.71. The molecule has 2 aromatic rings. The molecule has 1 aliphatic heterocycles. The Morgan fingerprint density at radius 3 is 2.32 bits per heavy atom. The van der Waals surface area contributed by atoms with Crippen molar-refractivity contribution in [1.29, 1.82) is 0 Å². The van der Waals surface area contributed by atoms with Gasteiger partial charge in [-0.1, -0.05) is 56.4 Å². The number of amides is 2. The Hall–Kier alpha value is -2.45. The Morgan fingerprint density at radius 2 is 1.79 bits per heavy atom. The second-order valence-corrected chi connectivity index (χ2v) is 17.0. The first kappa shape index (κ1) is 24.7. The molecule has 4 rings (SSSR count). The van der Waals surface area contributed by atoms with E-state index in [9.17, 15) is 9.59 Å². The third-order valence-corrected chi connectivity index (χ3v) is 11.4. The SMILES string of the molecule is CC(C)OC(C(=O)N1Cc2c(NC(=O)C3([Si](C)(C)C)CCC3)n[nH]c2C1(C)C)c1ccccc1. The fourth-order valence-electron chi connectivity index (χ4n) is 5.37. The lowest BCUT2D eigenvalue weighted by molar-refractivity contribution is -0.153. The molecule has 0 saturated heterocycles. The van der Waals surface area contributed by atoms with E-state index >= 15 is 0 Å². The molecule has 1 atom stereocenters. The molecule has 1 aromatic carbocycles. The van der Waals surface area contributed by atoms with E-state index in [0.717, 1.165) is 36.1 Å². The average molecular weight is 483 g/mol. The smallest absolute Gasteiger partial charge is 0.257 e. The maximum atomic E-state index is 13.8. The van der Waals surface area contributed by atoms with E-state index in [1.165, 1.54) is 0 Å². The van der Waals surface area contributed by atoms with Gasteiger partial charge in [-0.2, -0.15) is 5.10 Å². The van der Waals surface area contributed by atoms with Crippen LogP contribution in [0.2, 0.25) is 24.7 Å². The van der Waals surface area contributed by atoms with E-state index < -0.39 is 19.7 Å². The van der Waals surface area contributed by atoms with Gasteiger partial charge in [0.05, 0.1) is 32.0 Å². The third-order valence-electron chi connectivity index (χ3n) is 7.78. The Morgan fingerprint density at radius 1 is 1.15 bits per heavy atom. The van der Waals surface area contributed by atoms with Gasteiger partial charge in [0.2, 0.25) is 5.91 Å². The summed E-state index contributed by atoms with van der Waals surface area (Å²) in [6, 6.07) is 9.62. The first-order chi connectivity index (χ1) is 15.9. The predicted molar refractivity (Wildman–Crippen MR) is 136 cm³/mol. The van der Waals surface area contributed by atoms with Crippen molar-refractivity contribution in [3.8, 4) is 0 Å². The van der Waals surface area contributed by atoms with Gasteiger partial charge >= 0.3 is 0 Å². The number of fused-ring (bicyclic) bond motifs is 1. The van der Waals surface area contributed by atoms with Crippen molar-refractivity contribution in [2.24, 2.45) is 0 Å². The molecular formula is C26H38N4O3Si. The Kier molecular flexibility index (Phi) is 6.27. The molecule has 2 aliphatic rings. The maximum absolute atomic E-state index is 13.8. The maximum Gasteiger partial charge on any atom is 0.257 e. The number of carbonyl (C=O) groups is 2. The van der Waals surface area contributed by atoms with E-state index in [1.807, 2.05) is 62.9 Å². The molecule has 1 aromatic heterocycles. The number of benzene rings is 1. The Labute approximate surface area is 203 Å². The molecular weight excluding hydrogens is 444 g/mol. The van der Waals surface area contributed by atoms with E-state index in [2.05, 4.69) is 35.2 Å². The first-order valence-electron chi connectivity index (χ1n) is 12.3. The number of rotatable bonds is 7. The minimum absolute atomic E-state index is 0.0834. The molecule has 1 unspecified atom stereocenters. The van der Waals surface area contributed by atoms with Crippen molar-refractivity contribution in [1.82, 2.24) is 15.1 Å². The minimum Gasteiger partial charge on any atom is -0.361 e. The molecule has 1 saturated carbocycles. The average Bonchev–Trinajstić information content (AvgIpc) is 3.22. The van der Waals surface area contributed by atoms with Crippen molar-refractivity contribution < 1.29 is 14.3 Å². The van der Waals surface area contributed by atoms with Gasteiger partial charge < -0.3 is 15.0 Å². The van der Waals surface area contributed by atoms with Crippen LogP contribution >= 0.6 is 0 Å². The summed E-state index contributed by atoms with van der Waals surface area (Å²) in [6.07, 6.45) is 2.20. The summed E-state index contributed by atoms with van der Waals surface area (Å²) in [5, 5.41) is 10.5. The molecule has 2 amide bonds. The summed E-state index contributed by atoms with van der Waals surface area (Å²) in [6.45, 7) is 15.1. The van der Waals surface area contributed by atoms with Gasteiger partial charge in [-0.15, -0.1) is 0 Å². The largest absolute Gasteiger partial charge is 0.361 e. The van der Waals surface area contributed by atoms with Gasteiger partial charge in [-0.05, 0) is 46.1 Å². The second kappa shape index (κ2) is 8.64. The molecule has 1 fully saturated rings. The van der Waals surface area contributed by atoms with Crippen molar-refractivity contribution in [2.75, 3.05) is 5.32 Å². The molecule has 0 bridgehead atoms. The van der Waals surface area contributed by atoms with Crippen LogP contribution in [-0.4, -0.2) is 41.1 Å². The number of nitrogens with one attached hydrogen (secondary N) is 2. The topological polar surface area (TPSA) is 87.3 Å². The normalized spacial score (nSPS) is 19.5. The van der Waals surface area contributed by atoms with Gasteiger partial charge in [0.15, 0.2) is 11.9 Å². The molecule has 7 nitrogen and oxygen atoms in total. The van der Waals surface area contributed by atoms with Crippen LogP contribution in [0.25, 0.3) is 0 Å². The first-order valence-corrected chi connectivity index (χ1v) is 15.8. The fourth-order valence-corrected chi connectivity index (χ4v) is 7.97. The highest BCUT2D eigenvalue weighted by atomic mass is 28.3. The van der Waals surface area contributed by atoms with Crippen LogP contribution in [0.1, 0.15) is 69.9 Å². The van der Waals surface area contributed by atoms with E-state index in [4.69, 9.17) is 4.74 Å². The number of hydrogen-bond donors (Lipinski definition) is 2. The lowest BCUT2D eigenvalue weighted by Crippen LogP contribution is -2.52. The van der Waals surface area contributed by atoms with Crippen molar-refractivity contribution in [3.63, 3.8) is 0 Å². The Balaban J connectivity index is 1.60. The fraction of sp³-hybridized carbons (Fsp3) is 0.577. The zero-order valence-electron chi connectivity index (χ0n) is 21.5. The highest BCUT2D eigenvalue weighted by Gasteiger charge is 2.54. The summed E-state index contributed by atoms with van der Waals surface area (Å²) in [4.78, 5) is 29.1. The van der Waals surface area contributed by atoms with Crippen molar-refractivity contribution >= 4 is 25.7 Å². The molecule has 2 heterocycles. The highest BCUT2D eigenvalue weighted by molar-refractivity contribution is 6.83. The molecule has 1 aliphatic carbocycles.